The lowest BCUT2D eigenvalue weighted by molar-refractivity contribution is 0.125. The Bertz CT molecular complexity index is 1110. The van der Waals surface area contributed by atoms with Crippen molar-refractivity contribution < 1.29 is 22.3 Å². The van der Waals surface area contributed by atoms with Crippen molar-refractivity contribution in [2.75, 3.05) is 24.7 Å². The zero-order chi connectivity index (χ0) is 22.4. The fourth-order valence-electron chi connectivity index (χ4n) is 4.63. The average Bonchev–Trinajstić information content (AvgIpc) is 3.41. The van der Waals surface area contributed by atoms with Crippen molar-refractivity contribution in [1.29, 1.82) is 0 Å². The van der Waals surface area contributed by atoms with Crippen LogP contribution in [0.15, 0.2) is 18.2 Å². The Morgan fingerprint density at radius 2 is 1.88 bits per heavy atom. The lowest BCUT2D eigenvalue weighted by Gasteiger charge is -2.37. The summed E-state index contributed by atoms with van der Waals surface area (Å²) in [5.41, 5.74) is 2.89. The van der Waals surface area contributed by atoms with Gasteiger partial charge in [-0.1, -0.05) is 11.6 Å². The third-order valence-corrected chi connectivity index (χ3v) is 6.33. The van der Waals surface area contributed by atoms with E-state index in [1.54, 1.807) is 11.0 Å². The van der Waals surface area contributed by atoms with Crippen LogP contribution in [0.2, 0.25) is 5.02 Å². The molecule has 0 saturated carbocycles. The highest BCUT2D eigenvalue weighted by Gasteiger charge is 2.36. The first-order valence-electron chi connectivity index (χ1n) is 10.4. The highest BCUT2D eigenvalue weighted by Crippen LogP contribution is 2.41. The Labute approximate surface area is 186 Å². The first-order valence-corrected chi connectivity index (χ1v) is 10.7. The summed E-state index contributed by atoms with van der Waals surface area (Å²) in [4.78, 5) is 16.1. The number of nitrogens with zero attached hydrogens (tertiary/aromatic N) is 4. The summed E-state index contributed by atoms with van der Waals surface area (Å²) < 4.78 is 58.9. The van der Waals surface area contributed by atoms with Gasteiger partial charge in [-0.25, -0.2) is 22.5 Å². The first kappa shape index (κ1) is 21.4. The SMILES string of the molecule is FC(F)c1nc(C(F)F)nc(N2CCc3c([nH]c4ccc(Cl)cc34)[C@@H]2C[C@@H]2CCOC2)n1. The Morgan fingerprint density at radius 1 is 1.12 bits per heavy atom. The molecule has 170 valence electrons. The maximum atomic E-state index is 13.3. The molecule has 0 unspecified atom stereocenters. The monoisotopic (exact) mass is 469 g/mol. The second-order valence-corrected chi connectivity index (χ2v) is 8.52. The summed E-state index contributed by atoms with van der Waals surface area (Å²) >= 11 is 6.20. The number of anilines is 1. The Kier molecular flexibility index (Phi) is 5.66. The number of nitrogens with one attached hydrogen (secondary N) is 1. The first-order chi connectivity index (χ1) is 15.4. The van der Waals surface area contributed by atoms with E-state index in [0.717, 1.165) is 28.6 Å². The van der Waals surface area contributed by atoms with Gasteiger partial charge in [0, 0.05) is 41.4 Å². The summed E-state index contributed by atoms with van der Waals surface area (Å²) in [6.45, 7) is 1.64. The van der Waals surface area contributed by atoms with Crippen LogP contribution in [0.1, 0.15) is 54.6 Å². The Hall–Kier alpha value is -2.46. The van der Waals surface area contributed by atoms with Crippen LogP contribution in [0.5, 0.6) is 0 Å². The van der Waals surface area contributed by atoms with Gasteiger partial charge in [0.1, 0.15) is 0 Å². The number of ether oxygens (including phenoxy) is 1. The molecule has 0 amide bonds. The maximum Gasteiger partial charge on any atom is 0.297 e. The fourth-order valence-corrected chi connectivity index (χ4v) is 4.80. The van der Waals surface area contributed by atoms with Crippen molar-refractivity contribution in [1.82, 2.24) is 19.9 Å². The predicted molar refractivity (Wildman–Crippen MR) is 110 cm³/mol. The van der Waals surface area contributed by atoms with Crippen LogP contribution < -0.4 is 4.90 Å². The quantitative estimate of drug-likeness (QED) is 0.506. The van der Waals surface area contributed by atoms with E-state index in [1.165, 1.54) is 0 Å². The zero-order valence-corrected chi connectivity index (χ0v) is 17.6. The number of aromatic amines is 1. The van der Waals surface area contributed by atoms with Crippen molar-refractivity contribution in [3.05, 3.63) is 46.1 Å². The molecule has 2 atom stereocenters. The van der Waals surface area contributed by atoms with Crippen molar-refractivity contribution in [2.24, 2.45) is 5.92 Å². The number of hydrogen-bond acceptors (Lipinski definition) is 5. The Morgan fingerprint density at radius 3 is 2.53 bits per heavy atom. The number of benzene rings is 1. The molecule has 2 aliphatic rings. The largest absolute Gasteiger partial charge is 0.381 e. The van der Waals surface area contributed by atoms with E-state index < -0.39 is 24.5 Å². The molecule has 11 heteroatoms. The van der Waals surface area contributed by atoms with E-state index in [2.05, 4.69) is 19.9 Å². The molecule has 1 fully saturated rings. The van der Waals surface area contributed by atoms with Crippen LogP contribution in [0.3, 0.4) is 0 Å². The second-order valence-electron chi connectivity index (χ2n) is 8.08. The van der Waals surface area contributed by atoms with E-state index in [1.807, 2.05) is 12.1 Å². The molecule has 1 saturated heterocycles. The molecule has 1 aromatic carbocycles. The van der Waals surface area contributed by atoms with E-state index in [4.69, 9.17) is 16.3 Å². The molecule has 1 N–H and O–H groups in total. The van der Waals surface area contributed by atoms with E-state index in [9.17, 15) is 17.6 Å². The molecule has 2 aromatic heterocycles. The minimum atomic E-state index is -3.08. The van der Waals surface area contributed by atoms with Gasteiger partial charge in [0.05, 0.1) is 6.04 Å². The zero-order valence-electron chi connectivity index (χ0n) is 16.9. The van der Waals surface area contributed by atoms with Crippen LogP contribution in [-0.2, 0) is 11.2 Å². The summed E-state index contributed by atoms with van der Waals surface area (Å²) in [7, 11) is 0. The average molecular weight is 470 g/mol. The summed E-state index contributed by atoms with van der Waals surface area (Å²) in [6.07, 6.45) is -4.08. The van der Waals surface area contributed by atoms with E-state index >= 15 is 0 Å². The topological polar surface area (TPSA) is 66.9 Å². The molecule has 0 spiro atoms. The summed E-state index contributed by atoms with van der Waals surface area (Å²) in [6, 6.07) is 5.27. The molecule has 4 heterocycles. The van der Waals surface area contributed by atoms with Crippen LogP contribution in [-0.4, -0.2) is 39.7 Å². The smallest absolute Gasteiger partial charge is 0.297 e. The highest BCUT2D eigenvalue weighted by molar-refractivity contribution is 6.31. The van der Waals surface area contributed by atoms with Gasteiger partial charge in [-0.05, 0) is 48.9 Å². The summed E-state index contributed by atoms with van der Waals surface area (Å²) in [5.74, 6) is -1.80. The number of alkyl halides is 4. The Balaban J connectivity index is 1.61. The lowest BCUT2D eigenvalue weighted by atomic mass is 9.90. The minimum Gasteiger partial charge on any atom is -0.381 e. The van der Waals surface area contributed by atoms with Gasteiger partial charge in [0.25, 0.3) is 12.9 Å². The molecule has 3 aromatic rings. The molecule has 0 aliphatic carbocycles. The fraction of sp³-hybridized carbons (Fsp3) is 0.476. The third-order valence-electron chi connectivity index (χ3n) is 6.10. The van der Waals surface area contributed by atoms with Crippen molar-refractivity contribution >= 4 is 28.5 Å². The normalized spacial score (nSPS) is 21.2. The van der Waals surface area contributed by atoms with Crippen LogP contribution in [0.25, 0.3) is 10.9 Å². The molecule has 32 heavy (non-hydrogen) atoms. The van der Waals surface area contributed by atoms with Crippen molar-refractivity contribution in [2.45, 2.75) is 38.2 Å². The number of fused-ring (bicyclic) bond motifs is 3. The third kappa shape index (κ3) is 3.90. The van der Waals surface area contributed by atoms with Gasteiger partial charge in [0.15, 0.2) is 0 Å². The second kappa shape index (κ2) is 8.47. The molecule has 6 nitrogen and oxygen atoms in total. The number of halogens is 5. The van der Waals surface area contributed by atoms with Crippen molar-refractivity contribution in [3.63, 3.8) is 0 Å². The molecular weight excluding hydrogens is 450 g/mol. The number of hydrogen-bond donors (Lipinski definition) is 1. The predicted octanol–water partition coefficient (Wildman–Crippen LogP) is 5.41. The van der Waals surface area contributed by atoms with Gasteiger partial charge >= 0.3 is 0 Å². The van der Waals surface area contributed by atoms with Gasteiger partial charge in [0.2, 0.25) is 17.6 Å². The molecule has 5 rings (SSSR count). The maximum absolute atomic E-state index is 13.3. The van der Waals surface area contributed by atoms with Gasteiger partial charge in [-0.2, -0.15) is 9.97 Å². The van der Waals surface area contributed by atoms with E-state index in [0.29, 0.717) is 37.6 Å². The van der Waals surface area contributed by atoms with Crippen LogP contribution in [0, 0.1) is 5.92 Å². The van der Waals surface area contributed by atoms with Gasteiger partial charge in [-0.15, -0.1) is 0 Å². The highest BCUT2D eigenvalue weighted by atomic mass is 35.5. The van der Waals surface area contributed by atoms with Crippen LogP contribution in [0.4, 0.5) is 23.5 Å². The van der Waals surface area contributed by atoms with E-state index in [-0.39, 0.29) is 17.9 Å². The van der Waals surface area contributed by atoms with Crippen molar-refractivity contribution in [3.8, 4) is 0 Å². The van der Waals surface area contributed by atoms with Gasteiger partial charge < -0.3 is 14.6 Å². The lowest BCUT2D eigenvalue weighted by Crippen LogP contribution is -2.38. The number of aromatic nitrogens is 4. The molecule has 0 bridgehead atoms. The molecule has 2 aliphatic heterocycles. The number of rotatable bonds is 5. The van der Waals surface area contributed by atoms with Gasteiger partial charge in [-0.3, -0.25) is 0 Å². The molecule has 0 radical (unpaired) electrons. The number of H-pyrrole nitrogens is 1. The van der Waals surface area contributed by atoms with Crippen LogP contribution >= 0.6 is 11.6 Å². The minimum absolute atomic E-state index is 0.156. The standard InChI is InChI=1S/C21H20ClF4N5O/c22-11-1-2-14-13(8-11)12-3-5-31(15(16(12)27-14)7-10-4-6-32-9-10)21-29-19(17(23)24)28-20(30-21)18(25)26/h1-2,8,10,15,17-18,27H,3-7,9H2/t10-,15-/m0/s1. The molecular formula is C21H20ClF4N5O. The summed E-state index contributed by atoms with van der Waals surface area (Å²) in [5, 5.41) is 1.61.